The molecule has 2 aromatic rings. The first-order valence-electron chi connectivity index (χ1n) is 12.1. The molecule has 8 nitrogen and oxygen atoms in total. The molecule has 0 fully saturated rings. The number of alkyl halides is 6. The predicted molar refractivity (Wildman–Crippen MR) is 139 cm³/mol. The summed E-state index contributed by atoms with van der Waals surface area (Å²) in [5, 5.41) is 18.8. The van der Waals surface area contributed by atoms with E-state index in [1.165, 1.54) is 46.1 Å². The number of aliphatic carboxylic acids is 2. The number of allylic oxidation sites excluding steroid dienone is 2. The summed E-state index contributed by atoms with van der Waals surface area (Å²) in [5.41, 5.74) is 3.57. The molecule has 0 aliphatic carbocycles. The minimum Gasteiger partial charge on any atom is -0.542 e. The Morgan fingerprint density at radius 3 is 2.00 bits per heavy atom. The second-order valence-corrected chi connectivity index (χ2v) is 11.0. The molecule has 0 radical (unpaired) electrons. The van der Waals surface area contributed by atoms with Crippen molar-refractivity contribution in [3.63, 3.8) is 0 Å². The minimum atomic E-state index is -5.19. The van der Waals surface area contributed by atoms with Crippen LogP contribution in [0.25, 0.3) is 16.3 Å². The number of rotatable bonds is 6. The number of quaternary nitrogens is 1. The fourth-order valence-electron chi connectivity index (χ4n) is 3.31. The number of aromatic nitrogens is 1. The Hall–Kier alpha value is -3.46. The van der Waals surface area contributed by atoms with Gasteiger partial charge in [0.2, 0.25) is 5.52 Å². The Kier molecular flexibility index (Phi) is 12.5. The molecule has 0 saturated carbocycles. The lowest BCUT2D eigenvalue weighted by atomic mass is 10.1. The molecule has 15 heteroatoms. The van der Waals surface area contributed by atoms with Gasteiger partial charge in [-0.25, -0.2) is 4.99 Å². The largest absolute Gasteiger partial charge is 0.542 e. The lowest BCUT2D eigenvalue weighted by Gasteiger charge is -2.27. The van der Waals surface area contributed by atoms with Crippen molar-refractivity contribution in [1.29, 1.82) is 0 Å². The summed E-state index contributed by atoms with van der Waals surface area (Å²) in [5.74, 6) is -4.84. The number of para-hydroxylation sites is 1. The van der Waals surface area contributed by atoms with Crippen LogP contribution in [-0.2, 0) is 16.6 Å². The van der Waals surface area contributed by atoms with E-state index in [1.54, 1.807) is 0 Å². The van der Waals surface area contributed by atoms with E-state index in [2.05, 4.69) is 88.0 Å². The highest BCUT2D eigenvalue weighted by atomic mass is 32.1. The van der Waals surface area contributed by atoms with Crippen molar-refractivity contribution >= 4 is 45.4 Å². The van der Waals surface area contributed by atoms with Gasteiger partial charge >= 0.3 is 12.4 Å². The number of carboxylic acid groups (broad SMARTS) is 2. The Morgan fingerprint density at radius 2 is 1.54 bits per heavy atom. The average molecular weight is 611 g/mol. The number of carbonyl (C=O) groups excluding carboxylic acids is 2. The molecule has 1 aromatic heterocycles. The first-order chi connectivity index (χ1) is 18.6. The van der Waals surface area contributed by atoms with Gasteiger partial charge < -0.3 is 29.2 Å². The van der Waals surface area contributed by atoms with Crippen LogP contribution in [-0.4, -0.2) is 74.2 Å². The predicted octanol–water partition coefficient (Wildman–Crippen LogP) is 2.79. The topological polar surface area (TPSA) is 99.7 Å². The molecule has 3 rings (SSSR count). The van der Waals surface area contributed by atoms with Crippen LogP contribution in [0.1, 0.15) is 31.2 Å². The number of amidine groups is 1. The second kappa shape index (κ2) is 14.4. The molecular formula is C26H32F6N4O4S. The van der Waals surface area contributed by atoms with Gasteiger partial charge in [-0.05, 0) is 31.9 Å². The molecule has 0 N–H and O–H groups in total. The number of carboxylic acids is 2. The molecule has 0 atom stereocenters. The molecule has 0 saturated heterocycles. The smallest absolute Gasteiger partial charge is 0.430 e. The van der Waals surface area contributed by atoms with Gasteiger partial charge in [-0.15, -0.1) is 0 Å². The van der Waals surface area contributed by atoms with Crippen molar-refractivity contribution in [2.75, 3.05) is 34.7 Å². The maximum absolute atomic E-state index is 10.5. The molecule has 0 bridgehead atoms. The summed E-state index contributed by atoms with van der Waals surface area (Å²) in [6.07, 6.45) is -2.57. The van der Waals surface area contributed by atoms with E-state index in [0.717, 1.165) is 16.6 Å². The zero-order valence-corrected chi connectivity index (χ0v) is 24.2. The van der Waals surface area contributed by atoms with Gasteiger partial charge in [0.15, 0.2) is 0 Å². The number of hydrogen-bond acceptors (Lipinski definition) is 7. The molecule has 0 unspecified atom stereocenters. The molecule has 1 aliphatic rings. The number of thiazole rings is 1. The van der Waals surface area contributed by atoms with E-state index in [1.807, 2.05) is 11.3 Å². The molecule has 228 valence electrons. The summed E-state index contributed by atoms with van der Waals surface area (Å²) < 4.78 is 67.7. The molecule has 1 aromatic carbocycles. The lowest BCUT2D eigenvalue weighted by Crippen LogP contribution is -2.37. The Bertz CT molecular complexity index is 1280. The summed E-state index contributed by atoms with van der Waals surface area (Å²) in [6, 6.07) is 8.55. The standard InChI is InChI=1S/C22H32N4S.2C2HF3O2/c1-17-15-18(16-22-25(3)19-11-7-8-12-20(19)27-22)23-21(24(17)2)13-9-10-14-26(4,5)6;2*3-2(4,5)1(6)7/h7-8,11-12,15-16H,9-10,13-14H2,1-6H3;2*(H,6,7)/q+2;;/p-2. The van der Waals surface area contributed by atoms with E-state index >= 15 is 0 Å². The number of unbranched alkanes of at least 4 members (excludes halogenated alkanes) is 1. The number of aryl methyl sites for hydroxylation is 1. The van der Waals surface area contributed by atoms with Crippen molar-refractivity contribution in [2.24, 2.45) is 12.0 Å². The highest BCUT2D eigenvalue weighted by molar-refractivity contribution is 7.18. The summed E-state index contributed by atoms with van der Waals surface area (Å²) in [6.45, 7) is 3.37. The summed E-state index contributed by atoms with van der Waals surface area (Å²) >= 11 is 1.82. The second-order valence-electron chi connectivity index (χ2n) is 9.95. The molecular weight excluding hydrogens is 578 g/mol. The molecule has 2 heterocycles. The van der Waals surface area contributed by atoms with Crippen LogP contribution in [0.5, 0.6) is 0 Å². The number of benzene rings is 1. The fourth-order valence-corrected chi connectivity index (χ4v) is 4.41. The quantitative estimate of drug-likeness (QED) is 0.217. The van der Waals surface area contributed by atoms with Crippen LogP contribution < -0.4 is 14.8 Å². The maximum atomic E-state index is 10.5. The molecule has 1 aliphatic heterocycles. The van der Waals surface area contributed by atoms with Gasteiger partial charge in [0, 0.05) is 31.3 Å². The maximum Gasteiger partial charge on any atom is 0.430 e. The van der Waals surface area contributed by atoms with E-state index in [-0.39, 0.29) is 0 Å². The van der Waals surface area contributed by atoms with Gasteiger partial charge in [0.05, 0.1) is 33.4 Å². The first-order valence-corrected chi connectivity index (χ1v) is 12.9. The summed E-state index contributed by atoms with van der Waals surface area (Å²) in [4.78, 5) is 24.8. The number of aliphatic imine (C=N–C) groups is 1. The third-order valence-electron chi connectivity index (χ3n) is 5.52. The van der Waals surface area contributed by atoms with Gasteiger partial charge in [0.25, 0.3) is 5.01 Å². The number of carbonyl (C=O) groups is 2. The number of fused-ring (bicyclic) bond motifs is 1. The third-order valence-corrected chi connectivity index (χ3v) is 6.68. The molecule has 0 spiro atoms. The molecule has 0 amide bonds. The van der Waals surface area contributed by atoms with Crippen molar-refractivity contribution in [3.8, 4) is 0 Å². The number of hydrogen-bond donors (Lipinski definition) is 0. The third kappa shape index (κ3) is 12.3. The zero-order chi connectivity index (χ0) is 31.8. The van der Waals surface area contributed by atoms with Crippen molar-refractivity contribution in [3.05, 3.63) is 46.7 Å². The van der Waals surface area contributed by atoms with Crippen LogP contribution in [0.2, 0.25) is 0 Å². The minimum absolute atomic E-state index is 1.02. The Balaban J connectivity index is 0.000000497. The average Bonchev–Trinajstić information content (AvgIpc) is 3.14. The van der Waals surface area contributed by atoms with Crippen LogP contribution in [0.3, 0.4) is 0 Å². The van der Waals surface area contributed by atoms with E-state index in [9.17, 15) is 26.3 Å². The highest BCUT2D eigenvalue weighted by Crippen LogP contribution is 2.25. The van der Waals surface area contributed by atoms with Gasteiger partial charge in [0.1, 0.15) is 29.5 Å². The van der Waals surface area contributed by atoms with Crippen LogP contribution >= 0.6 is 11.3 Å². The molecule has 41 heavy (non-hydrogen) atoms. The van der Waals surface area contributed by atoms with Crippen LogP contribution in [0.15, 0.2) is 46.7 Å². The van der Waals surface area contributed by atoms with E-state index in [0.29, 0.717) is 0 Å². The normalized spacial score (nSPS) is 14.9. The SMILES string of the molecule is CC1=CC(=Cc2sc3ccccc3[n+]2C)N=C(CCCC[N+](C)(C)C)N1C.O=C([O-])C(F)(F)F.O=C([O-])C(F)(F)F. The first kappa shape index (κ1) is 35.6. The lowest BCUT2D eigenvalue weighted by molar-refractivity contribution is -0.870. The Labute approximate surface area is 237 Å². The van der Waals surface area contributed by atoms with Gasteiger partial charge in [-0.2, -0.15) is 30.9 Å². The van der Waals surface area contributed by atoms with Crippen LogP contribution in [0.4, 0.5) is 26.3 Å². The van der Waals surface area contributed by atoms with E-state index < -0.39 is 24.3 Å². The summed E-state index contributed by atoms with van der Waals surface area (Å²) in [7, 11) is 11.0. The highest BCUT2D eigenvalue weighted by Gasteiger charge is 2.29. The number of halogens is 6. The number of nitrogens with zero attached hydrogens (tertiary/aromatic N) is 4. The Morgan fingerprint density at radius 1 is 1.02 bits per heavy atom. The zero-order valence-electron chi connectivity index (χ0n) is 23.4. The van der Waals surface area contributed by atoms with Crippen molar-refractivity contribution < 1.29 is 55.2 Å². The van der Waals surface area contributed by atoms with E-state index in [4.69, 9.17) is 24.8 Å². The van der Waals surface area contributed by atoms with Gasteiger partial charge in [-0.1, -0.05) is 23.5 Å². The fraction of sp³-hybridized carbons (Fsp3) is 0.462. The van der Waals surface area contributed by atoms with Crippen molar-refractivity contribution in [1.82, 2.24) is 4.90 Å². The monoisotopic (exact) mass is 610 g/mol. The van der Waals surface area contributed by atoms with Gasteiger partial charge in [-0.3, -0.25) is 0 Å². The van der Waals surface area contributed by atoms with Crippen molar-refractivity contribution in [2.45, 2.75) is 38.5 Å². The van der Waals surface area contributed by atoms with Crippen LogP contribution in [0, 0.1) is 0 Å².